The van der Waals surface area contributed by atoms with Gasteiger partial charge in [-0.15, -0.1) is 0 Å². The molecule has 0 aromatic carbocycles. The first kappa shape index (κ1) is 21.0. The van der Waals surface area contributed by atoms with Crippen molar-refractivity contribution in [2.24, 2.45) is 10.9 Å². The van der Waals surface area contributed by atoms with Gasteiger partial charge in [-0.3, -0.25) is 4.99 Å². The second-order valence-corrected chi connectivity index (χ2v) is 7.67. The van der Waals surface area contributed by atoms with Crippen molar-refractivity contribution in [1.82, 2.24) is 30.3 Å². The van der Waals surface area contributed by atoms with Gasteiger partial charge < -0.3 is 25.0 Å². The van der Waals surface area contributed by atoms with Crippen molar-refractivity contribution < 1.29 is 9.47 Å². The number of aromatic nitrogens is 3. The van der Waals surface area contributed by atoms with Crippen molar-refractivity contribution in [3.8, 4) is 0 Å². The van der Waals surface area contributed by atoms with Crippen molar-refractivity contribution in [2.45, 2.75) is 44.9 Å². The Bertz CT molecular complexity index is 626. The number of hydrogen-bond acceptors (Lipinski definition) is 6. The lowest BCUT2D eigenvalue weighted by molar-refractivity contribution is 0.121. The third kappa shape index (κ3) is 5.89. The first-order valence-electron chi connectivity index (χ1n) is 10.3. The van der Waals surface area contributed by atoms with E-state index in [1.165, 1.54) is 12.8 Å². The van der Waals surface area contributed by atoms with Gasteiger partial charge in [0, 0.05) is 46.8 Å². The number of aryl methyl sites for hydroxylation is 1. The average molecular weight is 394 g/mol. The van der Waals surface area contributed by atoms with Crippen molar-refractivity contribution >= 4 is 5.96 Å². The number of nitrogens with zero attached hydrogens (tertiary/aromatic N) is 5. The van der Waals surface area contributed by atoms with Gasteiger partial charge >= 0.3 is 0 Å². The minimum atomic E-state index is 0.312. The fraction of sp³-hybridized carbons (Fsp3) is 0.842. The molecule has 0 bridgehead atoms. The number of guanidine groups is 1. The highest BCUT2D eigenvalue weighted by atomic mass is 16.5. The molecule has 1 saturated heterocycles. The van der Waals surface area contributed by atoms with Crippen LogP contribution in [-0.4, -0.2) is 85.7 Å². The Morgan fingerprint density at radius 2 is 2.04 bits per heavy atom. The number of piperidine rings is 1. The van der Waals surface area contributed by atoms with E-state index in [-0.39, 0.29) is 0 Å². The van der Waals surface area contributed by atoms with Crippen LogP contribution >= 0.6 is 0 Å². The third-order valence-corrected chi connectivity index (χ3v) is 5.62. The van der Waals surface area contributed by atoms with Crippen LogP contribution in [0.3, 0.4) is 0 Å². The Kier molecular flexibility index (Phi) is 8.05. The van der Waals surface area contributed by atoms with Gasteiger partial charge in [0.25, 0.3) is 0 Å². The fourth-order valence-corrected chi connectivity index (χ4v) is 3.93. The number of aliphatic imine (C=N–C) groups is 1. The van der Waals surface area contributed by atoms with Gasteiger partial charge in [-0.2, -0.15) is 5.10 Å². The number of ether oxygens (including phenoxy) is 2. The SMILES string of the molecule is CN=C(NCC1CCN(CCOC)CC1)NC1CCc2nc(COC)nn2C1. The Morgan fingerprint density at radius 1 is 1.21 bits per heavy atom. The molecule has 2 aliphatic heterocycles. The van der Waals surface area contributed by atoms with E-state index in [1.54, 1.807) is 14.2 Å². The lowest BCUT2D eigenvalue weighted by atomic mass is 9.97. The molecule has 1 unspecified atom stereocenters. The molecule has 0 aliphatic carbocycles. The zero-order chi connectivity index (χ0) is 19.8. The molecule has 158 valence electrons. The molecule has 0 saturated carbocycles. The highest BCUT2D eigenvalue weighted by molar-refractivity contribution is 5.79. The van der Waals surface area contributed by atoms with Crippen LogP contribution in [0.5, 0.6) is 0 Å². The summed E-state index contributed by atoms with van der Waals surface area (Å²) in [6.45, 7) is 6.42. The van der Waals surface area contributed by atoms with E-state index in [4.69, 9.17) is 9.47 Å². The summed E-state index contributed by atoms with van der Waals surface area (Å²) in [5.74, 6) is 3.39. The molecule has 9 heteroatoms. The van der Waals surface area contributed by atoms with Gasteiger partial charge in [0.05, 0.1) is 13.2 Å². The molecule has 0 radical (unpaired) electrons. The van der Waals surface area contributed by atoms with Gasteiger partial charge in [-0.1, -0.05) is 0 Å². The van der Waals surface area contributed by atoms with E-state index >= 15 is 0 Å². The average Bonchev–Trinajstić information content (AvgIpc) is 3.12. The molecular formula is C19H35N7O2. The molecule has 28 heavy (non-hydrogen) atoms. The van der Waals surface area contributed by atoms with Crippen LogP contribution in [-0.2, 0) is 29.0 Å². The second kappa shape index (κ2) is 10.7. The van der Waals surface area contributed by atoms with Crippen LogP contribution in [0.25, 0.3) is 0 Å². The first-order valence-corrected chi connectivity index (χ1v) is 10.3. The topological polar surface area (TPSA) is 88.8 Å². The van der Waals surface area contributed by atoms with Gasteiger partial charge in [0.15, 0.2) is 11.8 Å². The predicted molar refractivity (Wildman–Crippen MR) is 108 cm³/mol. The molecule has 9 nitrogen and oxygen atoms in total. The van der Waals surface area contributed by atoms with Crippen molar-refractivity contribution in [3.63, 3.8) is 0 Å². The van der Waals surface area contributed by atoms with Crippen LogP contribution in [0.15, 0.2) is 4.99 Å². The minimum Gasteiger partial charge on any atom is -0.383 e. The van der Waals surface area contributed by atoms with Crippen LogP contribution in [0.2, 0.25) is 0 Å². The molecule has 2 N–H and O–H groups in total. The van der Waals surface area contributed by atoms with Crippen LogP contribution in [0.4, 0.5) is 0 Å². The monoisotopic (exact) mass is 393 g/mol. The molecule has 3 heterocycles. The lowest BCUT2D eigenvalue weighted by Crippen LogP contribution is -2.48. The van der Waals surface area contributed by atoms with Crippen molar-refractivity contribution in [3.05, 3.63) is 11.6 Å². The van der Waals surface area contributed by atoms with E-state index in [1.807, 2.05) is 11.7 Å². The molecular weight excluding hydrogens is 358 g/mol. The Hall–Kier alpha value is -1.71. The molecule has 1 aromatic heterocycles. The molecule has 1 aromatic rings. The summed E-state index contributed by atoms with van der Waals surface area (Å²) < 4.78 is 12.3. The minimum absolute atomic E-state index is 0.312. The maximum Gasteiger partial charge on any atom is 0.191 e. The summed E-state index contributed by atoms with van der Waals surface area (Å²) in [7, 11) is 5.27. The molecule has 0 spiro atoms. The summed E-state index contributed by atoms with van der Waals surface area (Å²) in [5, 5.41) is 11.6. The van der Waals surface area contributed by atoms with Crippen molar-refractivity contribution in [2.75, 3.05) is 54.1 Å². The van der Waals surface area contributed by atoms with Crippen LogP contribution in [0.1, 0.15) is 30.9 Å². The van der Waals surface area contributed by atoms with E-state index in [0.29, 0.717) is 18.6 Å². The van der Waals surface area contributed by atoms with Gasteiger partial charge in [0.2, 0.25) is 0 Å². The number of fused-ring (bicyclic) bond motifs is 1. The summed E-state index contributed by atoms with van der Waals surface area (Å²) in [5.41, 5.74) is 0. The summed E-state index contributed by atoms with van der Waals surface area (Å²) >= 11 is 0. The lowest BCUT2D eigenvalue weighted by Gasteiger charge is -2.32. The predicted octanol–water partition coefficient (Wildman–Crippen LogP) is 0.263. The van der Waals surface area contributed by atoms with Crippen molar-refractivity contribution in [1.29, 1.82) is 0 Å². The summed E-state index contributed by atoms with van der Waals surface area (Å²) in [4.78, 5) is 11.4. The second-order valence-electron chi connectivity index (χ2n) is 7.67. The normalized spacial score (nSPS) is 21.5. The quantitative estimate of drug-likeness (QED) is 0.484. The summed E-state index contributed by atoms with van der Waals surface area (Å²) in [6, 6.07) is 0.312. The summed E-state index contributed by atoms with van der Waals surface area (Å²) in [6.07, 6.45) is 4.40. The standard InChI is InChI=1S/C19H35N7O2/c1-20-19(21-12-15-6-8-25(9-7-15)10-11-27-2)22-16-4-5-18-23-17(14-28-3)24-26(18)13-16/h15-16H,4-14H2,1-3H3,(H2,20,21,22). The van der Waals surface area contributed by atoms with Gasteiger partial charge in [-0.05, 0) is 38.3 Å². The van der Waals surface area contributed by atoms with Gasteiger partial charge in [0.1, 0.15) is 12.4 Å². The van der Waals surface area contributed by atoms with E-state index in [0.717, 1.165) is 69.8 Å². The smallest absolute Gasteiger partial charge is 0.191 e. The molecule has 1 fully saturated rings. The van der Waals surface area contributed by atoms with Crippen LogP contribution < -0.4 is 10.6 Å². The molecule has 2 aliphatic rings. The highest BCUT2D eigenvalue weighted by Gasteiger charge is 2.23. The number of likely N-dealkylation sites (tertiary alicyclic amines) is 1. The maximum absolute atomic E-state index is 5.18. The number of hydrogen-bond donors (Lipinski definition) is 2. The van der Waals surface area contributed by atoms with E-state index in [9.17, 15) is 0 Å². The van der Waals surface area contributed by atoms with E-state index in [2.05, 4.69) is 30.6 Å². The maximum atomic E-state index is 5.18. The molecule has 3 rings (SSSR count). The van der Waals surface area contributed by atoms with Gasteiger partial charge in [-0.25, -0.2) is 9.67 Å². The third-order valence-electron chi connectivity index (χ3n) is 5.62. The number of nitrogens with one attached hydrogen (secondary N) is 2. The zero-order valence-electron chi connectivity index (χ0n) is 17.5. The van der Waals surface area contributed by atoms with Crippen LogP contribution in [0, 0.1) is 5.92 Å². The van der Waals surface area contributed by atoms with E-state index < -0.39 is 0 Å². The Morgan fingerprint density at radius 3 is 2.75 bits per heavy atom. The highest BCUT2D eigenvalue weighted by Crippen LogP contribution is 2.16. The Balaban J connectivity index is 1.40. The first-order chi connectivity index (χ1) is 13.7. The Labute approximate surface area is 167 Å². The number of methoxy groups -OCH3 is 2. The zero-order valence-corrected chi connectivity index (χ0v) is 17.5. The number of rotatable bonds is 8. The fourth-order valence-electron chi connectivity index (χ4n) is 3.93. The molecule has 0 amide bonds. The largest absolute Gasteiger partial charge is 0.383 e. The molecule has 1 atom stereocenters.